The standard InChI is InChI=1S/C15H10BrNO3S/c16-9-5-10(21-8-9)7-17-15(19)14-6-12(18)11-3-1-2-4-13(11)20-14/h1-6,8H,7H2,(H,17,19). The molecule has 0 radical (unpaired) electrons. The molecular weight excluding hydrogens is 354 g/mol. The fourth-order valence-corrected chi connectivity index (χ4v) is 3.31. The van der Waals surface area contributed by atoms with Crippen LogP contribution in [0.2, 0.25) is 0 Å². The zero-order valence-corrected chi connectivity index (χ0v) is 13.2. The molecule has 3 aromatic rings. The number of benzene rings is 1. The second kappa shape index (κ2) is 5.83. The average Bonchev–Trinajstić information content (AvgIpc) is 2.90. The maximum Gasteiger partial charge on any atom is 0.287 e. The second-order valence-corrected chi connectivity index (χ2v) is 6.30. The number of hydrogen-bond donors (Lipinski definition) is 1. The molecule has 0 aliphatic rings. The van der Waals surface area contributed by atoms with Crippen LogP contribution >= 0.6 is 27.3 Å². The van der Waals surface area contributed by atoms with Crippen molar-refractivity contribution in [1.29, 1.82) is 0 Å². The minimum atomic E-state index is -0.401. The number of para-hydroxylation sites is 1. The molecule has 0 fully saturated rings. The molecule has 0 saturated carbocycles. The van der Waals surface area contributed by atoms with E-state index in [0.29, 0.717) is 17.5 Å². The van der Waals surface area contributed by atoms with Gasteiger partial charge in [-0.15, -0.1) is 11.3 Å². The summed E-state index contributed by atoms with van der Waals surface area (Å²) in [6.07, 6.45) is 0. The van der Waals surface area contributed by atoms with Crippen LogP contribution in [0.4, 0.5) is 0 Å². The highest BCUT2D eigenvalue weighted by molar-refractivity contribution is 9.10. The largest absolute Gasteiger partial charge is 0.451 e. The molecule has 0 aliphatic heterocycles. The molecule has 1 N–H and O–H groups in total. The zero-order chi connectivity index (χ0) is 14.8. The molecule has 4 nitrogen and oxygen atoms in total. The molecule has 6 heteroatoms. The van der Waals surface area contributed by atoms with Crippen molar-refractivity contribution < 1.29 is 9.21 Å². The maximum atomic E-state index is 12.1. The maximum absolute atomic E-state index is 12.1. The molecule has 0 aliphatic carbocycles. The van der Waals surface area contributed by atoms with Gasteiger partial charge < -0.3 is 9.73 Å². The van der Waals surface area contributed by atoms with Crippen LogP contribution in [0.5, 0.6) is 0 Å². The van der Waals surface area contributed by atoms with Gasteiger partial charge in [0.15, 0.2) is 11.2 Å². The van der Waals surface area contributed by atoms with Crippen molar-refractivity contribution in [1.82, 2.24) is 5.32 Å². The third kappa shape index (κ3) is 3.06. The number of carbonyl (C=O) groups excluding carboxylic acids is 1. The smallest absolute Gasteiger partial charge is 0.287 e. The molecule has 0 spiro atoms. The second-order valence-electron chi connectivity index (χ2n) is 4.38. The normalized spacial score (nSPS) is 10.7. The number of halogens is 1. The van der Waals surface area contributed by atoms with E-state index >= 15 is 0 Å². The Morgan fingerprint density at radius 3 is 2.86 bits per heavy atom. The Morgan fingerprint density at radius 2 is 2.10 bits per heavy atom. The Hall–Kier alpha value is -1.92. The van der Waals surface area contributed by atoms with Gasteiger partial charge in [-0.05, 0) is 34.1 Å². The topological polar surface area (TPSA) is 59.3 Å². The molecule has 1 amide bonds. The van der Waals surface area contributed by atoms with Crippen molar-refractivity contribution in [2.45, 2.75) is 6.54 Å². The average molecular weight is 364 g/mol. The summed E-state index contributed by atoms with van der Waals surface area (Å²) in [5, 5.41) is 5.15. The van der Waals surface area contributed by atoms with Gasteiger partial charge in [0.2, 0.25) is 0 Å². The Kier molecular flexibility index (Phi) is 3.90. The van der Waals surface area contributed by atoms with Gasteiger partial charge in [0.05, 0.1) is 11.9 Å². The van der Waals surface area contributed by atoms with Crippen molar-refractivity contribution in [3.05, 3.63) is 67.1 Å². The van der Waals surface area contributed by atoms with Crippen molar-refractivity contribution >= 4 is 44.1 Å². The Balaban J connectivity index is 1.83. The predicted molar refractivity (Wildman–Crippen MR) is 85.7 cm³/mol. The van der Waals surface area contributed by atoms with Crippen LogP contribution in [0.3, 0.4) is 0 Å². The summed E-state index contributed by atoms with van der Waals surface area (Å²) in [4.78, 5) is 25.0. The first-order chi connectivity index (χ1) is 10.1. The van der Waals surface area contributed by atoms with E-state index in [9.17, 15) is 9.59 Å². The number of hydrogen-bond acceptors (Lipinski definition) is 4. The fourth-order valence-electron chi connectivity index (χ4n) is 1.92. The van der Waals surface area contributed by atoms with Gasteiger partial charge in [0.25, 0.3) is 5.91 Å². The van der Waals surface area contributed by atoms with Crippen molar-refractivity contribution in [2.75, 3.05) is 0 Å². The Labute approximate surface area is 132 Å². The molecule has 106 valence electrons. The predicted octanol–water partition coefficient (Wildman–Crippen LogP) is 3.55. The van der Waals surface area contributed by atoms with Gasteiger partial charge >= 0.3 is 0 Å². The summed E-state index contributed by atoms with van der Waals surface area (Å²) >= 11 is 4.90. The van der Waals surface area contributed by atoms with E-state index in [1.807, 2.05) is 11.4 Å². The van der Waals surface area contributed by atoms with Crippen LogP contribution in [0.25, 0.3) is 11.0 Å². The summed E-state index contributed by atoms with van der Waals surface area (Å²) in [5.41, 5.74) is 0.190. The molecule has 0 bridgehead atoms. The molecule has 0 unspecified atom stereocenters. The third-order valence-electron chi connectivity index (χ3n) is 2.90. The minimum Gasteiger partial charge on any atom is -0.451 e. The van der Waals surface area contributed by atoms with Crippen molar-refractivity contribution in [3.63, 3.8) is 0 Å². The molecule has 21 heavy (non-hydrogen) atoms. The van der Waals surface area contributed by atoms with Crippen LogP contribution < -0.4 is 10.7 Å². The first-order valence-corrected chi connectivity index (χ1v) is 7.85. The first-order valence-electron chi connectivity index (χ1n) is 6.17. The molecule has 3 rings (SSSR count). The van der Waals surface area contributed by atoms with Crippen molar-refractivity contribution in [2.24, 2.45) is 0 Å². The third-order valence-corrected chi connectivity index (χ3v) is 4.60. The van der Waals surface area contributed by atoms with Crippen LogP contribution in [0, 0.1) is 0 Å². The SMILES string of the molecule is O=C(NCc1cc(Br)cs1)c1cc(=O)c2ccccc2o1. The summed E-state index contributed by atoms with van der Waals surface area (Å²) < 4.78 is 6.46. The monoisotopic (exact) mass is 363 g/mol. The Morgan fingerprint density at radius 1 is 1.29 bits per heavy atom. The first kappa shape index (κ1) is 14.0. The fraction of sp³-hybridized carbons (Fsp3) is 0.0667. The lowest BCUT2D eigenvalue weighted by Gasteiger charge is -2.04. The van der Waals surface area contributed by atoms with E-state index in [4.69, 9.17) is 4.42 Å². The Bertz CT molecular complexity index is 868. The van der Waals surface area contributed by atoms with E-state index in [-0.39, 0.29) is 11.2 Å². The lowest BCUT2D eigenvalue weighted by atomic mass is 10.2. The molecule has 0 saturated heterocycles. The highest BCUT2D eigenvalue weighted by atomic mass is 79.9. The van der Waals surface area contributed by atoms with Crippen LogP contribution in [-0.2, 0) is 6.54 Å². The van der Waals surface area contributed by atoms with Crippen LogP contribution in [0.1, 0.15) is 15.4 Å². The molecule has 1 aromatic carbocycles. The van der Waals surface area contributed by atoms with Crippen molar-refractivity contribution in [3.8, 4) is 0 Å². The van der Waals surface area contributed by atoms with Gasteiger partial charge in [-0.3, -0.25) is 9.59 Å². The zero-order valence-electron chi connectivity index (χ0n) is 10.8. The van der Waals surface area contributed by atoms with E-state index in [2.05, 4.69) is 21.2 Å². The highest BCUT2D eigenvalue weighted by Gasteiger charge is 2.12. The summed E-state index contributed by atoms with van der Waals surface area (Å²) in [7, 11) is 0. The summed E-state index contributed by atoms with van der Waals surface area (Å²) in [6, 6.07) is 10.0. The van der Waals surface area contributed by atoms with Gasteiger partial charge in [0, 0.05) is 20.8 Å². The van der Waals surface area contributed by atoms with E-state index in [0.717, 1.165) is 9.35 Å². The number of amides is 1. The number of carbonyl (C=O) groups is 1. The lowest BCUT2D eigenvalue weighted by Crippen LogP contribution is -2.23. The molecule has 0 atom stereocenters. The number of thiophene rings is 1. The van der Waals surface area contributed by atoms with E-state index < -0.39 is 5.91 Å². The number of rotatable bonds is 3. The quantitative estimate of drug-likeness (QED) is 0.773. The summed E-state index contributed by atoms with van der Waals surface area (Å²) in [6.45, 7) is 0.394. The van der Waals surface area contributed by atoms with E-state index in [1.165, 1.54) is 17.4 Å². The minimum absolute atomic E-state index is 0.0225. The molecular formula is C15H10BrNO3S. The highest BCUT2D eigenvalue weighted by Crippen LogP contribution is 2.19. The van der Waals surface area contributed by atoms with Gasteiger partial charge in [0.1, 0.15) is 5.58 Å². The van der Waals surface area contributed by atoms with Gasteiger partial charge in [-0.1, -0.05) is 12.1 Å². The molecule has 2 aromatic heterocycles. The number of nitrogens with one attached hydrogen (secondary N) is 1. The summed E-state index contributed by atoms with van der Waals surface area (Å²) in [5.74, 6) is -0.378. The number of fused-ring (bicyclic) bond motifs is 1. The molecule has 2 heterocycles. The lowest BCUT2D eigenvalue weighted by molar-refractivity contribution is 0.0924. The van der Waals surface area contributed by atoms with E-state index in [1.54, 1.807) is 24.3 Å². The van der Waals surface area contributed by atoms with Crippen LogP contribution in [-0.4, -0.2) is 5.91 Å². The van der Waals surface area contributed by atoms with Crippen LogP contribution in [0.15, 0.2) is 55.5 Å². The van der Waals surface area contributed by atoms with Gasteiger partial charge in [-0.25, -0.2) is 0 Å². The van der Waals surface area contributed by atoms with Gasteiger partial charge in [-0.2, -0.15) is 0 Å².